The minimum absolute atomic E-state index is 0.0195. The zero-order chi connectivity index (χ0) is 17.5. The minimum Gasteiger partial charge on any atom is -0.504 e. The molecular weight excluding hydrogens is 312 g/mol. The van der Waals surface area contributed by atoms with Crippen molar-refractivity contribution < 1.29 is 24.6 Å². The van der Waals surface area contributed by atoms with Crippen molar-refractivity contribution in [1.29, 1.82) is 0 Å². The fourth-order valence-electron chi connectivity index (χ4n) is 1.92. The molecule has 0 fully saturated rings. The number of ether oxygens (including phenoxy) is 1. The molecule has 0 aromatic heterocycles. The maximum absolute atomic E-state index is 11.9. The Balaban J connectivity index is 2.01. The van der Waals surface area contributed by atoms with Gasteiger partial charge in [-0.05, 0) is 48.0 Å². The van der Waals surface area contributed by atoms with Gasteiger partial charge >= 0.3 is 0 Å². The number of carbonyl (C=O) groups is 2. The standard InChI is InChI=1S/C17H16N2O5/c1-24-15-10-11(2-8-14(15)20)3-9-16(21)18-13-6-4-12(5-7-13)17(22)19-23/h2-10,20,23H,1H3,(H,18,21)(H,19,22)/b9-3+. The number of carbonyl (C=O) groups excluding carboxylic acids is 2. The topological polar surface area (TPSA) is 108 Å². The number of methoxy groups -OCH3 is 1. The van der Waals surface area contributed by atoms with Gasteiger partial charge in [-0.15, -0.1) is 0 Å². The SMILES string of the molecule is COc1cc(/C=C/C(=O)Nc2ccc(C(=O)NO)cc2)ccc1O. The molecule has 2 rings (SSSR count). The second-order valence-electron chi connectivity index (χ2n) is 4.77. The van der Waals surface area contributed by atoms with E-state index >= 15 is 0 Å². The summed E-state index contributed by atoms with van der Waals surface area (Å²) in [6.07, 6.45) is 2.91. The number of hydrogen-bond acceptors (Lipinski definition) is 5. The van der Waals surface area contributed by atoms with Crippen LogP contribution in [0.2, 0.25) is 0 Å². The zero-order valence-corrected chi connectivity index (χ0v) is 12.8. The first kappa shape index (κ1) is 17.0. The van der Waals surface area contributed by atoms with E-state index < -0.39 is 5.91 Å². The summed E-state index contributed by atoms with van der Waals surface area (Å²) in [4.78, 5) is 23.1. The van der Waals surface area contributed by atoms with Crippen LogP contribution in [0.4, 0.5) is 5.69 Å². The molecule has 0 aliphatic heterocycles. The van der Waals surface area contributed by atoms with Crippen molar-refractivity contribution in [3.63, 3.8) is 0 Å². The molecule has 0 heterocycles. The summed E-state index contributed by atoms with van der Waals surface area (Å²) in [6, 6.07) is 10.7. The van der Waals surface area contributed by atoms with Crippen LogP contribution < -0.4 is 15.5 Å². The maximum Gasteiger partial charge on any atom is 0.274 e. The summed E-state index contributed by atoms with van der Waals surface area (Å²) in [6.45, 7) is 0. The Hall–Kier alpha value is -3.32. The highest BCUT2D eigenvalue weighted by Gasteiger charge is 2.05. The van der Waals surface area contributed by atoms with Crippen LogP contribution in [0.1, 0.15) is 15.9 Å². The van der Waals surface area contributed by atoms with Gasteiger partial charge < -0.3 is 15.2 Å². The van der Waals surface area contributed by atoms with E-state index in [1.165, 1.54) is 36.9 Å². The number of anilines is 1. The summed E-state index contributed by atoms with van der Waals surface area (Å²) in [5.41, 5.74) is 2.99. The average Bonchev–Trinajstić information content (AvgIpc) is 2.61. The second-order valence-corrected chi connectivity index (χ2v) is 4.77. The molecule has 124 valence electrons. The molecule has 0 spiro atoms. The Morgan fingerprint density at radius 2 is 1.83 bits per heavy atom. The number of benzene rings is 2. The van der Waals surface area contributed by atoms with Crippen molar-refractivity contribution in [1.82, 2.24) is 5.48 Å². The Morgan fingerprint density at radius 1 is 1.12 bits per heavy atom. The summed E-state index contributed by atoms with van der Waals surface area (Å²) < 4.78 is 4.99. The zero-order valence-electron chi connectivity index (χ0n) is 12.8. The first-order chi connectivity index (χ1) is 11.5. The average molecular weight is 328 g/mol. The lowest BCUT2D eigenvalue weighted by molar-refractivity contribution is -0.111. The molecular formula is C17H16N2O5. The van der Waals surface area contributed by atoms with Gasteiger partial charge in [0.15, 0.2) is 11.5 Å². The van der Waals surface area contributed by atoms with E-state index in [9.17, 15) is 14.7 Å². The number of phenols is 1. The van der Waals surface area contributed by atoms with Crippen molar-refractivity contribution >= 4 is 23.6 Å². The lowest BCUT2D eigenvalue weighted by atomic mass is 10.2. The number of hydrogen-bond donors (Lipinski definition) is 4. The maximum atomic E-state index is 11.9. The van der Waals surface area contributed by atoms with E-state index in [4.69, 9.17) is 9.94 Å². The molecule has 7 heteroatoms. The second kappa shape index (κ2) is 7.80. The molecule has 2 aromatic rings. The lowest BCUT2D eigenvalue weighted by Crippen LogP contribution is -2.18. The number of amides is 2. The first-order valence-corrected chi connectivity index (χ1v) is 6.94. The molecule has 0 unspecified atom stereocenters. The van der Waals surface area contributed by atoms with Crippen LogP contribution >= 0.6 is 0 Å². The monoisotopic (exact) mass is 328 g/mol. The van der Waals surface area contributed by atoms with Crippen molar-refractivity contribution in [3.8, 4) is 11.5 Å². The molecule has 0 aliphatic rings. The smallest absolute Gasteiger partial charge is 0.274 e. The predicted molar refractivity (Wildman–Crippen MR) is 88.0 cm³/mol. The van der Waals surface area contributed by atoms with Gasteiger partial charge in [0.05, 0.1) is 7.11 Å². The van der Waals surface area contributed by atoms with Crippen LogP contribution in [0.25, 0.3) is 6.08 Å². The Kier molecular flexibility index (Phi) is 5.54. The summed E-state index contributed by atoms with van der Waals surface area (Å²) >= 11 is 0. The Morgan fingerprint density at radius 3 is 2.46 bits per heavy atom. The number of aromatic hydroxyl groups is 1. The van der Waals surface area contributed by atoms with Gasteiger partial charge in [-0.1, -0.05) is 6.07 Å². The highest BCUT2D eigenvalue weighted by Crippen LogP contribution is 2.26. The molecule has 7 nitrogen and oxygen atoms in total. The lowest BCUT2D eigenvalue weighted by Gasteiger charge is -2.05. The van der Waals surface area contributed by atoms with E-state index in [1.54, 1.807) is 30.3 Å². The molecule has 0 bridgehead atoms. The largest absolute Gasteiger partial charge is 0.504 e. The minimum atomic E-state index is -0.631. The van der Waals surface area contributed by atoms with E-state index in [0.717, 1.165) is 0 Å². The fraction of sp³-hybridized carbons (Fsp3) is 0.0588. The third-order valence-electron chi connectivity index (χ3n) is 3.15. The van der Waals surface area contributed by atoms with Crippen LogP contribution in [0.5, 0.6) is 11.5 Å². The molecule has 24 heavy (non-hydrogen) atoms. The summed E-state index contributed by atoms with van der Waals surface area (Å²) in [7, 11) is 1.44. The van der Waals surface area contributed by atoms with Gasteiger partial charge in [0.2, 0.25) is 5.91 Å². The molecule has 0 atom stereocenters. The summed E-state index contributed by atoms with van der Waals surface area (Å²) in [5, 5.41) is 20.7. The third kappa shape index (κ3) is 4.34. The van der Waals surface area contributed by atoms with Crippen LogP contribution in [-0.2, 0) is 4.79 Å². The van der Waals surface area contributed by atoms with Gasteiger partial charge in [0.25, 0.3) is 5.91 Å². The van der Waals surface area contributed by atoms with Crippen LogP contribution in [0.3, 0.4) is 0 Å². The van der Waals surface area contributed by atoms with Gasteiger partial charge in [-0.2, -0.15) is 0 Å². The third-order valence-corrected chi connectivity index (χ3v) is 3.15. The number of phenolic OH excluding ortho intramolecular Hbond substituents is 1. The molecule has 2 aromatic carbocycles. The summed E-state index contributed by atoms with van der Waals surface area (Å²) in [5.74, 6) is -0.656. The van der Waals surface area contributed by atoms with Crippen LogP contribution in [0.15, 0.2) is 48.5 Å². The van der Waals surface area contributed by atoms with Gasteiger partial charge in [-0.3, -0.25) is 14.8 Å². The van der Waals surface area contributed by atoms with Crippen LogP contribution in [0, 0.1) is 0 Å². The van der Waals surface area contributed by atoms with Gasteiger partial charge in [0.1, 0.15) is 0 Å². The number of hydroxylamine groups is 1. The van der Waals surface area contributed by atoms with E-state index in [-0.39, 0.29) is 17.2 Å². The molecule has 0 saturated carbocycles. The molecule has 2 amide bonds. The molecule has 0 aliphatic carbocycles. The highest BCUT2D eigenvalue weighted by molar-refractivity contribution is 6.02. The Labute approximate surface area is 138 Å². The first-order valence-electron chi connectivity index (χ1n) is 6.94. The van der Waals surface area contributed by atoms with E-state index in [1.807, 2.05) is 0 Å². The highest BCUT2D eigenvalue weighted by atomic mass is 16.5. The molecule has 4 N–H and O–H groups in total. The van der Waals surface area contributed by atoms with Crippen molar-refractivity contribution in [2.24, 2.45) is 0 Å². The molecule has 0 radical (unpaired) electrons. The van der Waals surface area contributed by atoms with Crippen LogP contribution in [-0.4, -0.2) is 29.2 Å². The van der Waals surface area contributed by atoms with Crippen molar-refractivity contribution in [3.05, 3.63) is 59.7 Å². The number of nitrogens with one attached hydrogen (secondary N) is 2. The van der Waals surface area contributed by atoms with Crippen molar-refractivity contribution in [2.45, 2.75) is 0 Å². The van der Waals surface area contributed by atoms with Gasteiger partial charge in [0, 0.05) is 17.3 Å². The predicted octanol–water partition coefficient (Wildman–Crippen LogP) is 2.17. The number of rotatable bonds is 5. The Bertz CT molecular complexity index is 769. The van der Waals surface area contributed by atoms with Crippen molar-refractivity contribution in [2.75, 3.05) is 12.4 Å². The molecule has 0 saturated heterocycles. The normalized spacial score (nSPS) is 10.4. The fourth-order valence-corrected chi connectivity index (χ4v) is 1.92. The van der Waals surface area contributed by atoms with E-state index in [0.29, 0.717) is 17.0 Å². The quantitative estimate of drug-likeness (QED) is 0.382. The van der Waals surface area contributed by atoms with E-state index in [2.05, 4.69) is 5.32 Å². The van der Waals surface area contributed by atoms with Gasteiger partial charge in [-0.25, -0.2) is 5.48 Å².